The number of aromatic carboxylic acids is 1. The standard InChI is InChI=1S/C14H14N2O4S/c17-12-13(18)16(6-8-3-4-21-7-8)11-2-1-9(14(19)20)5-10(11)15-12/h1-2,5,8H,3-4,6-7H2,(H,15,17)(H,19,20). The lowest BCUT2D eigenvalue weighted by molar-refractivity contribution is 0.0697. The van der Waals surface area contributed by atoms with E-state index in [9.17, 15) is 14.4 Å². The molecule has 1 fully saturated rings. The van der Waals surface area contributed by atoms with Gasteiger partial charge in [-0.2, -0.15) is 11.8 Å². The van der Waals surface area contributed by atoms with Crippen LogP contribution in [0.15, 0.2) is 27.8 Å². The van der Waals surface area contributed by atoms with Gasteiger partial charge in [-0.05, 0) is 42.0 Å². The van der Waals surface area contributed by atoms with Crippen molar-refractivity contribution in [3.8, 4) is 0 Å². The average Bonchev–Trinajstić information content (AvgIpc) is 2.96. The summed E-state index contributed by atoms with van der Waals surface area (Å²) in [7, 11) is 0. The van der Waals surface area contributed by atoms with Crippen molar-refractivity contribution in [2.75, 3.05) is 11.5 Å². The van der Waals surface area contributed by atoms with Gasteiger partial charge in [0.2, 0.25) is 0 Å². The minimum absolute atomic E-state index is 0.0831. The number of aromatic amines is 1. The van der Waals surface area contributed by atoms with Crippen molar-refractivity contribution >= 4 is 28.8 Å². The van der Waals surface area contributed by atoms with Crippen molar-refractivity contribution in [1.82, 2.24) is 9.55 Å². The number of carbonyl (C=O) groups is 1. The van der Waals surface area contributed by atoms with E-state index in [1.807, 2.05) is 11.8 Å². The predicted octanol–water partition coefficient (Wildman–Crippen LogP) is 1.14. The van der Waals surface area contributed by atoms with Crippen LogP contribution in [-0.2, 0) is 6.54 Å². The van der Waals surface area contributed by atoms with E-state index in [1.54, 1.807) is 6.07 Å². The van der Waals surface area contributed by atoms with Gasteiger partial charge < -0.3 is 14.7 Å². The second kappa shape index (κ2) is 5.40. The lowest BCUT2D eigenvalue weighted by atomic mass is 10.1. The number of hydrogen-bond donors (Lipinski definition) is 2. The molecule has 1 aliphatic heterocycles. The molecule has 1 aromatic heterocycles. The Morgan fingerprint density at radius 2 is 2.24 bits per heavy atom. The molecule has 6 nitrogen and oxygen atoms in total. The summed E-state index contributed by atoms with van der Waals surface area (Å²) in [6.07, 6.45) is 1.03. The number of nitrogens with zero attached hydrogens (tertiary/aromatic N) is 1. The highest BCUT2D eigenvalue weighted by atomic mass is 32.2. The molecule has 3 rings (SSSR count). The molecule has 110 valence electrons. The van der Waals surface area contributed by atoms with E-state index in [2.05, 4.69) is 4.98 Å². The third-order valence-electron chi connectivity index (χ3n) is 3.69. The second-order valence-electron chi connectivity index (χ2n) is 5.14. The average molecular weight is 306 g/mol. The summed E-state index contributed by atoms with van der Waals surface area (Å²) in [5.41, 5.74) is -0.260. The summed E-state index contributed by atoms with van der Waals surface area (Å²) >= 11 is 1.84. The Morgan fingerprint density at radius 1 is 1.43 bits per heavy atom. The van der Waals surface area contributed by atoms with Crippen molar-refractivity contribution in [1.29, 1.82) is 0 Å². The van der Waals surface area contributed by atoms with Crippen molar-refractivity contribution < 1.29 is 9.90 Å². The third kappa shape index (κ3) is 2.61. The molecule has 7 heteroatoms. The number of fused-ring (bicyclic) bond motifs is 1. The summed E-state index contributed by atoms with van der Waals surface area (Å²) < 4.78 is 1.47. The first-order valence-electron chi connectivity index (χ1n) is 6.64. The van der Waals surface area contributed by atoms with Crippen LogP contribution in [-0.4, -0.2) is 32.1 Å². The van der Waals surface area contributed by atoms with Crippen LogP contribution in [0.25, 0.3) is 11.0 Å². The highest BCUT2D eigenvalue weighted by Crippen LogP contribution is 2.25. The number of rotatable bonds is 3. The van der Waals surface area contributed by atoms with Gasteiger partial charge in [0.25, 0.3) is 0 Å². The van der Waals surface area contributed by atoms with Crippen LogP contribution < -0.4 is 11.1 Å². The Bertz CT molecular complexity index is 818. The van der Waals surface area contributed by atoms with Gasteiger partial charge >= 0.3 is 17.1 Å². The molecule has 2 N–H and O–H groups in total. The first kappa shape index (κ1) is 13.9. The van der Waals surface area contributed by atoms with Gasteiger partial charge in [0.1, 0.15) is 0 Å². The summed E-state index contributed by atoms with van der Waals surface area (Å²) in [6.45, 7) is 0.499. The molecular weight excluding hydrogens is 292 g/mol. The number of hydrogen-bond acceptors (Lipinski definition) is 4. The van der Waals surface area contributed by atoms with Crippen molar-refractivity contribution in [3.63, 3.8) is 0 Å². The van der Waals surface area contributed by atoms with E-state index >= 15 is 0 Å². The van der Waals surface area contributed by atoms with Crippen LogP contribution in [0, 0.1) is 5.92 Å². The number of benzene rings is 1. The van der Waals surface area contributed by atoms with Crippen LogP contribution in [0.4, 0.5) is 0 Å². The second-order valence-corrected chi connectivity index (χ2v) is 6.29. The van der Waals surface area contributed by atoms with E-state index in [0.717, 1.165) is 17.9 Å². The third-order valence-corrected chi connectivity index (χ3v) is 4.92. The number of carboxylic acid groups (broad SMARTS) is 1. The monoisotopic (exact) mass is 306 g/mol. The lowest BCUT2D eigenvalue weighted by Crippen LogP contribution is -2.37. The summed E-state index contributed by atoms with van der Waals surface area (Å²) in [5, 5.41) is 9.00. The maximum absolute atomic E-state index is 12.1. The molecule has 0 saturated carbocycles. The Labute approximate surface area is 123 Å². The van der Waals surface area contributed by atoms with Crippen molar-refractivity contribution in [2.24, 2.45) is 5.92 Å². The maximum atomic E-state index is 12.1. The first-order valence-corrected chi connectivity index (χ1v) is 7.79. The Balaban J connectivity index is 2.16. The van der Waals surface area contributed by atoms with Gasteiger partial charge in [-0.25, -0.2) is 4.79 Å². The fourth-order valence-corrected chi connectivity index (χ4v) is 3.85. The zero-order chi connectivity index (χ0) is 15.0. The highest BCUT2D eigenvalue weighted by Gasteiger charge is 2.19. The van der Waals surface area contributed by atoms with Gasteiger partial charge in [-0.3, -0.25) is 9.59 Å². The largest absolute Gasteiger partial charge is 0.478 e. The van der Waals surface area contributed by atoms with Gasteiger partial charge in [-0.1, -0.05) is 0 Å². The van der Waals surface area contributed by atoms with E-state index < -0.39 is 17.1 Å². The van der Waals surface area contributed by atoms with Crippen LogP contribution in [0.2, 0.25) is 0 Å². The molecular formula is C14H14N2O4S. The molecule has 1 unspecified atom stereocenters. The first-order chi connectivity index (χ1) is 10.1. The molecule has 1 aromatic carbocycles. The molecule has 1 aliphatic rings. The van der Waals surface area contributed by atoms with E-state index in [0.29, 0.717) is 23.5 Å². The number of carboxylic acids is 1. The van der Waals surface area contributed by atoms with Crippen molar-refractivity contribution in [3.05, 3.63) is 44.5 Å². The predicted molar refractivity (Wildman–Crippen MR) is 81.2 cm³/mol. The maximum Gasteiger partial charge on any atom is 0.335 e. The molecule has 0 radical (unpaired) electrons. The lowest BCUT2D eigenvalue weighted by Gasteiger charge is -2.13. The molecule has 2 aromatic rings. The summed E-state index contributed by atoms with van der Waals surface area (Å²) in [6, 6.07) is 4.42. The smallest absolute Gasteiger partial charge is 0.335 e. The SMILES string of the molecule is O=C(O)c1ccc2c(c1)[nH]c(=O)c(=O)n2CC1CCSC1. The van der Waals surface area contributed by atoms with Gasteiger partial charge in [0.15, 0.2) is 0 Å². The quantitative estimate of drug-likeness (QED) is 0.830. The molecule has 0 aliphatic carbocycles. The minimum atomic E-state index is -1.07. The fourth-order valence-electron chi connectivity index (χ4n) is 2.58. The number of H-pyrrole nitrogens is 1. The van der Waals surface area contributed by atoms with Crippen LogP contribution >= 0.6 is 11.8 Å². The highest BCUT2D eigenvalue weighted by molar-refractivity contribution is 7.99. The molecule has 0 amide bonds. The zero-order valence-corrected chi connectivity index (χ0v) is 12.0. The summed E-state index contributed by atoms with van der Waals surface area (Å²) in [5.74, 6) is 1.36. The fraction of sp³-hybridized carbons (Fsp3) is 0.357. The molecule has 1 atom stereocenters. The molecule has 2 heterocycles. The molecule has 0 bridgehead atoms. The normalized spacial score (nSPS) is 18.2. The van der Waals surface area contributed by atoms with E-state index in [4.69, 9.17) is 5.11 Å². The Kier molecular flexibility index (Phi) is 3.59. The number of aromatic nitrogens is 2. The van der Waals surface area contributed by atoms with E-state index in [1.165, 1.54) is 16.7 Å². The summed E-state index contributed by atoms with van der Waals surface area (Å²) in [4.78, 5) is 37.3. The van der Waals surface area contributed by atoms with Gasteiger partial charge in [0.05, 0.1) is 16.6 Å². The van der Waals surface area contributed by atoms with Crippen molar-refractivity contribution in [2.45, 2.75) is 13.0 Å². The number of nitrogens with one attached hydrogen (secondary N) is 1. The van der Waals surface area contributed by atoms with Gasteiger partial charge in [0, 0.05) is 6.54 Å². The molecule has 0 spiro atoms. The van der Waals surface area contributed by atoms with Crippen LogP contribution in [0.3, 0.4) is 0 Å². The Morgan fingerprint density at radius 3 is 2.90 bits per heavy atom. The Hall–Kier alpha value is -2.02. The van der Waals surface area contributed by atoms with Crippen LogP contribution in [0.1, 0.15) is 16.8 Å². The number of thioether (sulfide) groups is 1. The molecule has 21 heavy (non-hydrogen) atoms. The zero-order valence-electron chi connectivity index (χ0n) is 11.2. The molecule has 1 saturated heterocycles. The van der Waals surface area contributed by atoms with Gasteiger partial charge in [-0.15, -0.1) is 0 Å². The topological polar surface area (TPSA) is 92.2 Å². The minimum Gasteiger partial charge on any atom is -0.478 e. The van der Waals surface area contributed by atoms with Crippen LogP contribution in [0.5, 0.6) is 0 Å². The van der Waals surface area contributed by atoms with E-state index in [-0.39, 0.29) is 5.56 Å².